The highest BCUT2D eigenvalue weighted by Crippen LogP contribution is 2.26. The fourth-order valence-electron chi connectivity index (χ4n) is 1.11. The maximum absolute atomic E-state index is 8.36. The number of nitrogens with zero attached hydrogens (tertiary/aromatic N) is 3. The molecule has 0 N–H and O–H groups in total. The van der Waals surface area contributed by atoms with Gasteiger partial charge in [0.15, 0.2) is 0 Å². The summed E-state index contributed by atoms with van der Waals surface area (Å²) < 4.78 is 0. The molecule has 0 aliphatic rings. The second-order valence-electron chi connectivity index (χ2n) is 2.75. The predicted molar refractivity (Wildman–Crippen MR) is 66.4 cm³/mol. The molecule has 2 heterocycles. The Hall–Kier alpha value is -1.55. The van der Waals surface area contributed by atoms with E-state index in [1.807, 2.05) is 40.4 Å². The molecule has 0 saturated carbocycles. The van der Waals surface area contributed by atoms with E-state index in [9.17, 15) is 0 Å². The van der Waals surface area contributed by atoms with E-state index < -0.39 is 0 Å². The molecule has 2 rings (SSSR count). The van der Waals surface area contributed by atoms with Crippen LogP contribution in [0.25, 0.3) is 22.6 Å². The lowest BCUT2D eigenvalue weighted by molar-refractivity contribution is 1.51. The van der Waals surface area contributed by atoms with Gasteiger partial charge in [-0.25, -0.2) is 0 Å². The average Bonchev–Trinajstić information content (AvgIpc) is 2.85. The summed E-state index contributed by atoms with van der Waals surface area (Å²) in [6.07, 6.45) is 3.98. The fourth-order valence-corrected chi connectivity index (χ4v) is 2.46. The van der Waals surface area contributed by atoms with Gasteiger partial charge in [0.25, 0.3) is 0 Å². The summed E-state index contributed by atoms with van der Waals surface area (Å²) in [6, 6.07) is 4.05. The number of thiophene rings is 2. The van der Waals surface area contributed by atoms with Gasteiger partial charge in [0.1, 0.15) is 0 Å². The van der Waals surface area contributed by atoms with Gasteiger partial charge in [-0.3, -0.25) is 0 Å². The fraction of sp³-hybridized carbons (Fsp3) is 0. The summed E-state index contributed by atoms with van der Waals surface area (Å²) in [5, 5.41) is 9.45. The molecule has 0 aliphatic carbocycles. The molecule has 0 spiro atoms. The van der Waals surface area contributed by atoms with E-state index in [0.717, 1.165) is 5.56 Å². The molecular weight excluding hydrogens is 226 g/mol. The standard InChI is InChI=1S/C10H7N3S2/c11-13-12-10-7-14-6-8(10)3-4-9-2-1-5-15-9/h1-7H/b4-3+. The molecule has 5 heteroatoms. The lowest BCUT2D eigenvalue weighted by atomic mass is 10.2. The number of hydrogen-bond acceptors (Lipinski definition) is 3. The van der Waals surface area contributed by atoms with Crippen molar-refractivity contribution in [2.75, 3.05) is 0 Å². The Labute approximate surface area is 94.9 Å². The second-order valence-corrected chi connectivity index (χ2v) is 4.47. The average molecular weight is 233 g/mol. The largest absolute Gasteiger partial charge is 0.151 e. The van der Waals surface area contributed by atoms with E-state index in [0.29, 0.717) is 5.69 Å². The quantitative estimate of drug-likeness (QED) is 0.410. The van der Waals surface area contributed by atoms with E-state index in [2.05, 4.69) is 10.0 Å². The van der Waals surface area contributed by atoms with Crippen LogP contribution in [0.4, 0.5) is 5.69 Å². The van der Waals surface area contributed by atoms with E-state index in [1.54, 1.807) is 11.3 Å². The Morgan fingerprint density at radius 3 is 3.00 bits per heavy atom. The van der Waals surface area contributed by atoms with Crippen LogP contribution in [0, 0.1) is 0 Å². The van der Waals surface area contributed by atoms with Gasteiger partial charge >= 0.3 is 0 Å². The first kappa shape index (κ1) is 9.98. The zero-order valence-corrected chi connectivity index (χ0v) is 9.33. The third kappa shape index (κ3) is 2.47. The molecule has 0 aromatic carbocycles. The van der Waals surface area contributed by atoms with Crippen LogP contribution in [-0.4, -0.2) is 0 Å². The zero-order chi connectivity index (χ0) is 10.5. The summed E-state index contributed by atoms with van der Waals surface area (Å²) in [4.78, 5) is 3.97. The Kier molecular flexibility index (Phi) is 3.19. The molecule has 15 heavy (non-hydrogen) atoms. The van der Waals surface area contributed by atoms with Crippen molar-refractivity contribution < 1.29 is 0 Å². The third-order valence-corrected chi connectivity index (χ3v) is 3.38. The zero-order valence-electron chi connectivity index (χ0n) is 7.70. The lowest BCUT2D eigenvalue weighted by Gasteiger charge is -1.88. The highest BCUT2D eigenvalue weighted by Gasteiger charge is 1.97. The summed E-state index contributed by atoms with van der Waals surface area (Å²) in [5.41, 5.74) is 10.0. The Balaban J connectivity index is 2.24. The molecule has 74 valence electrons. The Bertz CT molecular complexity index is 505. The molecule has 0 fully saturated rings. The lowest BCUT2D eigenvalue weighted by Crippen LogP contribution is -1.63. The van der Waals surface area contributed by atoms with E-state index in [1.165, 1.54) is 16.2 Å². The monoisotopic (exact) mass is 233 g/mol. The third-order valence-electron chi connectivity index (χ3n) is 1.79. The summed E-state index contributed by atoms with van der Waals surface area (Å²) in [7, 11) is 0. The van der Waals surface area contributed by atoms with Crippen molar-refractivity contribution in [1.82, 2.24) is 0 Å². The van der Waals surface area contributed by atoms with Crippen molar-refractivity contribution in [2.45, 2.75) is 0 Å². The summed E-state index contributed by atoms with van der Waals surface area (Å²) >= 11 is 3.21. The first-order valence-corrected chi connectivity index (χ1v) is 6.05. The molecule has 0 atom stereocenters. The molecule has 0 aliphatic heterocycles. The summed E-state index contributed by atoms with van der Waals surface area (Å²) in [6.45, 7) is 0. The van der Waals surface area contributed by atoms with Crippen LogP contribution < -0.4 is 0 Å². The highest BCUT2D eigenvalue weighted by molar-refractivity contribution is 7.11. The maximum atomic E-state index is 8.36. The first-order valence-electron chi connectivity index (χ1n) is 4.23. The van der Waals surface area contributed by atoms with Gasteiger partial charge < -0.3 is 0 Å². The van der Waals surface area contributed by atoms with E-state index >= 15 is 0 Å². The summed E-state index contributed by atoms with van der Waals surface area (Å²) in [5.74, 6) is 0. The Morgan fingerprint density at radius 2 is 2.27 bits per heavy atom. The molecule has 0 bridgehead atoms. The van der Waals surface area contributed by atoms with Gasteiger partial charge in [-0.15, -0.1) is 11.3 Å². The van der Waals surface area contributed by atoms with Crippen molar-refractivity contribution in [3.8, 4) is 0 Å². The van der Waals surface area contributed by atoms with Crippen molar-refractivity contribution in [3.05, 3.63) is 49.2 Å². The van der Waals surface area contributed by atoms with Crippen molar-refractivity contribution in [3.63, 3.8) is 0 Å². The number of rotatable bonds is 3. The van der Waals surface area contributed by atoms with Crippen molar-refractivity contribution >= 4 is 40.5 Å². The molecule has 0 unspecified atom stereocenters. The maximum Gasteiger partial charge on any atom is 0.0554 e. The molecule has 0 radical (unpaired) electrons. The molecule has 0 amide bonds. The molecule has 2 aromatic heterocycles. The van der Waals surface area contributed by atoms with Gasteiger partial charge in [-0.05, 0) is 34.0 Å². The predicted octanol–water partition coefficient (Wildman–Crippen LogP) is 4.92. The van der Waals surface area contributed by atoms with E-state index in [4.69, 9.17) is 5.53 Å². The molecule has 0 saturated heterocycles. The number of azide groups is 1. The van der Waals surface area contributed by atoms with Crippen LogP contribution in [-0.2, 0) is 0 Å². The van der Waals surface area contributed by atoms with Gasteiger partial charge in [0, 0.05) is 15.2 Å². The minimum atomic E-state index is 0.690. The number of hydrogen-bond donors (Lipinski definition) is 0. The first-order chi connectivity index (χ1) is 7.40. The smallest absolute Gasteiger partial charge is 0.0554 e. The van der Waals surface area contributed by atoms with Gasteiger partial charge in [-0.1, -0.05) is 17.3 Å². The van der Waals surface area contributed by atoms with Crippen LogP contribution in [0.15, 0.2) is 33.4 Å². The van der Waals surface area contributed by atoms with Crippen molar-refractivity contribution in [2.24, 2.45) is 5.11 Å². The van der Waals surface area contributed by atoms with Crippen LogP contribution in [0.2, 0.25) is 0 Å². The normalized spacial score (nSPS) is 10.4. The SMILES string of the molecule is [N-]=[N+]=Nc1cscc1/C=C/c1cccs1. The topological polar surface area (TPSA) is 48.8 Å². The van der Waals surface area contributed by atoms with Crippen LogP contribution in [0.5, 0.6) is 0 Å². The second kappa shape index (κ2) is 4.79. The Morgan fingerprint density at radius 1 is 1.33 bits per heavy atom. The minimum absolute atomic E-state index is 0.690. The van der Waals surface area contributed by atoms with Gasteiger partial charge in [-0.2, -0.15) is 11.3 Å². The molecular formula is C10H7N3S2. The molecule has 3 nitrogen and oxygen atoms in total. The molecule has 2 aromatic rings. The highest BCUT2D eigenvalue weighted by atomic mass is 32.1. The van der Waals surface area contributed by atoms with Crippen LogP contribution >= 0.6 is 22.7 Å². The van der Waals surface area contributed by atoms with Gasteiger partial charge in [0.05, 0.1) is 5.69 Å². The van der Waals surface area contributed by atoms with Crippen LogP contribution in [0.3, 0.4) is 0 Å². The van der Waals surface area contributed by atoms with Crippen molar-refractivity contribution in [1.29, 1.82) is 0 Å². The van der Waals surface area contributed by atoms with Gasteiger partial charge in [0.2, 0.25) is 0 Å². The minimum Gasteiger partial charge on any atom is -0.151 e. The van der Waals surface area contributed by atoms with E-state index in [-0.39, 0.29) is 0 Å². The van der Waals surface area contributed by atoms with Crippen LogP contribution in [0.1, 0.15) is 10.4 Å².